The molecular weight excluding hydrogens is 264 g/mol. The Bertz CT molecular complexity index is 325. The maximum Gasteiger partial charge on any atom is 0.269 e. The fourth-order valence-corrected chi connectivity index (χ4v) is 14.7. The van der Waals surface area contributed by atoms with E-state index in [-0.39, 0.29) is 0 Å². The molecule has 0 aromatic rings. The molecular formula is C13H29O3SSi. The summed E-state index contributed by atoms with van der Waals surface area (Å²) in [7, 11) is -6.28. The number of hydrogen-bond acceptors (Lipinski definition) is 2. The lowest BCUT2D eigenvalue weighted by Crippen LogP contribution is -2.53. The van der Waals surface area contributed by atoms with Gasteiger partial charge >= 0.3 is 0 Å². The van der Waals surface area contributed by atoms with E-state index < -0.39 is 18.2 Å². The van der Waals surface area contributed by atoms with Gasteiger partial charge in [0.25, 0.3) is 10.1 Å². The number of hydrogen-bond donors (Lipinski definition) is 1. The minimum atomic E-state index is -4.04. The van der Waals surface area contributed by atoms with Crippen LogP contribution in [0, 0.1) is 4.87 Å². The Hall–Kier alpha value is 0.127. The van der Waals surface area contributed by atoms with E-state index in [4.69, 9.17) is 0 Å². The molecule has 0 fully saturated rings. The zero-order valence-corrected chi connectivity index (χ0v) is 14.6. The quantitative estimate of drug-likeness (QED) is 0.558. The highest BCUT2D eigenvalue weighted by Gasteiger charge is 2.54. The third-order valence-electron chi connectivity index (χ3n) is 4.14. The van der Waals surface area contributed by atoms with Crippen LogP contribution in [0.5, 0.6) is 0 Å². The number of rotatable bonds is 7. The van der Waals surface area contributed by atoms with Gasteiger partial charge in [0.2, 0.25) is 0 Å². The highest BCUT2D eigenvalue weighted by molar-refractivity contribution is 7.91. The monoisotopic (exact) mass is 293 g/mol. The molecule has 0 amide bonds. The molecule has 0 spiro atoms. The van der Waals surface area contributed by atoms with Crippen LogP contribution in [0.3, 0.4) is 0 Å². The van der Waals surface area contributed by atoms with Gasteiger partial charge in [0.05, 0.1) is 8.07 Å². The molecule has 0 aromatic carbocycles. The van der Waals surface area contributed by atoms with Gasteiger partial charge in [-0.3, -0.25) is 4.55 Å². The molecule has 0 atom stereocenters. The van der Waals surface area contributed by atoms with E-state index in [1.807, 2.05) is 6.92 Å². The van der Waals surface area contributed by atoms with Gasteiger partial charge in [-0.05, 0) is 23.0 Å². The average molecular weight is 294 g/mol. The molecule has 0 aliphatic rings. The molecule has 0 heterocycles. The van der Waals surface area contributed by atoms with E-state index in [0.717, 1.165) is 6.42 Å². The molecule has 0 rings (SSSR count). The summed E-state index contributed by atoms with van der Waals surface area (Å²) in [5.41, 5.74) is 0.919. The second kappa shape index (κ2) is 6.53. The van der Waals surface area contributed by atoms with Crippen LogP contribution in [0.2, 0.25) is 16.6 Å². The predicted molar refractivity (Wildman–Crippen MR) is 80.7 cm³/mol. The summed E-state index contributed by atoms with van der Waals surface area (Å²) in [4.78, 5) is 0.456. The van der Waals surface area contributed by atoms with E-state index in [1.54, 1.807) is 0 Å². The van der Waals surface area contributed by atoms with Gasteiger partial charge in [-0.2, -0.15) is 8.42 Å². The molecule has 1 radical (unpaired) electrons. The van der Waals surface area contributed by atoms with Gasteiger partial charge in [-0.25, -0.2) is 0 Å². The Morgan fingerprint density at radius 2 is 1.33 bits per heavy atom. The van der Waals surface area contributed by atoms with Crippen LogP contribution in [0.1, 0.15) is 61.3 Å². The van der Waals surface area contributed by atoms with Crippen LogP contribution < -0.4 is 0 Å². The molecule has 18 heavy (non-hydrogen) atoms. The molecule has 109 valence electrons. The van der Waals surface area contributed by atoms with Crippen molar-refractivity contribution in [3.8, 4) is 0 Å². The van der Waals surface area contributed by atoms with E-state index in [2.05, 4.69) is 41.5 Å². The van der Waals surface area contributed by atoms with Crippen molar-refractivity contribution in [3.63, 3.8) is 0 Å². The van der Waals surface area contributed by atoms with Crippen molar-refractivity contribution in [1.82, 2.24) is 0 Å². The largest absolute Gasteiger partial charge is 0.285 e. The summed E-state index contributed by atoms with van der Waals surface area (Å²) in [6.45, 7) is 14.6. The van der Waals surface area contributed by atoms with Gasteiger partial charge in [0, 0.05) is 0 Å². The van der Waals surface area contributed by atoms with Crippen molar-refractivity contribution in [2.24, 2.45) is 0 Å². The second-order valence-corrected chi connectivity index (χ2v) is 13.8. The summed E-state index contributed by atoms with van der Waals surface area (Å²) >= 11 is 0. The molecule has 0 aromatic heterocycles. The maximum absolute atomic E-state index is 11.8. The third kappa shape index (κ3) is 3.36. The first-order valence-corrected chi connectivity index (χ1v) is 10.5. The topological polar surface area (TPSA) is 54.4 Å². The van der Waals surface area contributed by atoms with E-state index in [0.29, 0.717) is 27.9 Å². The fourth-order valence-electron chi connectivity index (χ4n) is 3.76. The van der Waals surface area contributed by atoms with E-state index >= 15 is 0 Å². The minimum Gasteiger partial charge on any atom is -0.285 e. The molecule has 0 aliphatic heterocycles. The van der Waals surface area contributed by atoms with Crippen molar-refractivity contribution < 1.29 is 13.0 Å². The lowest BCUT2D eigenvalue weighted by Gasteiger charge is -2.46. The molecule has 1 N–H and O–H groups in total. The van der Waals surface area contributed by atoms with Crippen LogP contribution in [0.15, 0.2) is 0 Å². The van der Waals surface area contributed by atoms with Crippen LogP contribution in [0.4, 0.5) is 0 Å². The molecule has 0 saturated heterocycles. The summed E-state index contributed by atoms with van der Waals surface area (Å²) < 4.78 is 33.3. The predicted octanol–water partition coefficient (Wildman–Crippen LogP) is 4.42. The summed E-state index contributed by atoms with van der Waals surface area (Å²) in [6.07, 6.45) is 1.26. The van der Waals surface area contributed by atoms with Crippen LogP contribution in [-0.4, -0.2) is 21.0 Å². The summed E-state index contributed by atoms with van der Waals surface area (Å²) in [5.74, 6) is 0. The molecule has 0 unspecified atom stereocenters. The standard InChI is InChI=1S/C13H29O3SSi/c1-8-9-13(17(14,15)16)18(10(2)3,11(4)5)12(6)7/h10-12H,8-9H2,1-7H3,(H,14,15,16). The van der Waals surface area contributed by atoms with Gasteiger partial charge < -0.3 is 0 Å². The molecule has 5 heteroatoms. The van der Waals surface area contributed by atoms with E-state index in [9.17, 15) is 13.0 Å². The van der Waals surface area contributed by atoms with Crippen LogP contribution in [0.25, 0.3) is 0 Å². The zero-order chi connectivity index (χ0) is 14.7. The maximum atomic E-state index is 11.8. The Labute approximate surface area is 114 Å². The van der Waals surface area contributed by atoms with Gasteiger partial charge in [-0.1, -0.05) is 54.9 Å². The third-order valence-corrected chi connectivity index (χ3v) is 13.7. The Kier molecular flexibility index (Phi) is 6.57. The second-order valence-electron chi connectivity index (χ2n) is 6.05. The first-order valence-electron chi connectivity index (χ1n) is 6.86. The van der Waals surface area contributed by atoms with Crippen molar-refractivity contribution in [1.29, 1.82) is 0 Å². The SMILES string of the molecule is CCC[C]([Si](C(C)C)(C(C)C)C(C)C)S(=O)(=O)O. The Morgan fingerprint density at radius 1 is 1.00 bits per heavy atom. The van der Waals surface area contributed by atoms with Gasteiger partial charge in [-0.15, -0.1) is 0 Å². The smallest absolute Gasteiger partial charge is 0.269 e. The van der Waals surface area contributed by atoms with Crippen molar-refractivity contribution >= 4 is 18.2 Å². The normalized spacial score (nSPS) is 14.2. The molecule has 0 bridgehead atoms. The van der Waals surface area contributed by atoms with Crippen LogP contribution >= 0.6 is 0 Å². The zero-order valence-electron chi connectivity index (χ0n) is 12.8. The summed E-state index contributed by atoms with van der Waals surface area (Å²) in [6, 6.07) is 0. The summed E-state index contributed by atoms with van der Waals surface area (Å²) in [5, 5.41) is 0. The highest BCUT2D eigenvalue weighted by Crippen LogP contribution is 2.50. The van der Waals surface area contributed by atoms with Crippen LogP contribution in [-0.2, 0) is 10.1 Å². The minimum absolute atomic E-state index is 0.306. The lowest BCUT2D eigenvalue weighted by atomic mass is 10.4. The highest BCUT2D eigenvalue weighted by atomic mass is 32.2. The van der Waals surface area contributed by atoms with E-state index in [1.165, 1.54) is 0 Å². The Morgan fingerprint density at radius 3 is 1.50 bits per heavy atom. The molecule has 0 saturated carbocycles. The van der Waals surface area contributed by atoms with Gasteiger partial charge in [0.15, 0.2) is 0 Å². The average Bonchev–Trinajstić information content (AvgIpc) is 2.14. The fraction of sp³-hybridized carbons (Fsp3) is 0.923. The first-order chi connectivity index (χ1) is 8.02. The first kappa shape index (κ1) is 18.1. The van der Waals surface area contributed by atoms with Crippen molar-refractivity contribution in [2.45, 2.75) is 77.9 Å². The molecule has 3 nitrogen and oxygen atoms in total. The molecule has 0 aliphatic carbocycles. The Balaban J connectivity index is 5.94. The van der Waals surface area contributed by atoms with Crippen molar-refractivity contribution in [3.05, 3.63) is 4.87 Å². The lowest BCUT2D eigenvalue weighted by molar-refractivity contribution is 0.483. The van der Waals surface area contributed by atoms with Crippen molar-refractivity contribution in [2.75, 3.05) is 0 Å². The van der Waals surface area contributed by atoms with Gasteiger partial charge in [0.1, 0.15) is 4.87 Å².